The molecule has 2 aliphatic carbocycles. The van der Waals surface area contributed by atoms with Crippen LogP contribution in [0.2, 0.25) is 0 Å². The van der Waals surface area contributed by atoms with Crippen molar-refractivity contribution in [1.82, 2.24) is 4.98 Å². The quantitative estimate of drug-likeness (QED) is 0.792. The minimum atomic E-state index is 0.512. The summed E-state index contributed by atoms with van der Waals surface area (Å²) in [5, 5.41) is 3.42. The molecule has 0 aromatic carbocycles. The van der Waals surface area contributed by atoms with Gasteiger partial charge in [-0.1, -0.05) is 6.92 Å². The molecule has 0 amide bonds. The molecule has 1 aromatic heterocycles. The van der Waals surface area contributed by atoms with Crippen molar-refractivity contribution in [3.63, 3.8) is 0 Å². The van der Waals surface area contributed by atoms with Crippen LogP contribution in [-0.4, -0.2) is 18.1 Å². The Kier molecular flexibility index (Phi) is 3.25. The van der Waals surface area contributed by atoms with Gasteiger partial charge in [0.25, 0.3) is 0 Å². The highest BCUT2D eigenvalue weighted by Crippen LogP contribution is 2.48. The van der Waals surface area contributed by atoms with Crippen LogP contribution in [0.3, 0.4) is 0 Å². The van der Waals surface area contributed by atoms with Crippen LogP contribution in [0.15, 0.2) is 12.1 Å². The molecule has 3 N–H and O–H groups in total. The second-order valence-corrected chi connectivity index (χ2v) is 6.05. The van der Waals surface area contributed by atoms with Crippen molar-refractivity contribution in [3.8, 4) is 5.88 Å². The summed E-state index contributed by atoms with van der Waals surface area (Å²) < 4.78 is 5.70. The van der Waals surface area contributed by atoms with Crippen LogP contribution >= 0.6 is 0 Å². The Labute approximate surface area is 114 Å². The van der Waals surface area contributed by atoms with Gasteiger partial charge in [-0.15, -0.1) is 0 Å². The van der Waals surface area contributed by atoms with E-state index in [0.717, 1.165) is 19.0 Å². The number of anilines is 2. The third-order valence-electron chi connectivity index (χ3n) is 4.39. The minimum Gasteiger partial charge on any atom is -0.476 e. The molecule has 3 rings (SSSR count). The van der Waals surface area contributed by atoms with Gasteiger partial charge >= 0.3 is 0 Å². The molecular weight excluding hydrogens is 238 g/mol. The van der Waals surface area contributed by atoms with Crippen LogP contribution in [0.25, 0.3) is 0 Å². The van der Waals surface area contributed by atoms with Crippen molar-refractivity contribution in [2.24, 2.45) is 11.3 Å². The molecule has 19 heavy (non-hydrogen) atoms. The molecule has 104 valence electrons. The van der Waals surface area contributed by atoms with Gasteiger partial charge in [-0.2, -0.15) is 4.98 Å². The Balaban J connectivity index is 1.59. The minimum absolute atomic E-state index is 0.512. The van der Waals surface area contributed by atoms with E-state index in [4.69, 9.17) is 10.5 Å². The van der Waals surface area contributed by atoms with Crippen LogP contribution in [0, 0.1) is 11.3 Å². The first kappa shape index (κ1) is 12.6. The molecule has 0 spiro atoms. The number of nitrogen functional groups attached to an aromatic ring is 1. The molecule has 4 heteroatoms. The van der Waals surface area contributed by atoms with Crippen LogP contribution in [0.5, 0.6) is 5.88 Å². The van der Waals surface area contributed by atoms with Crippen LogP contribution in [0.1, 0.15) is 39.0 Å². The molecule has 0 unspecified atom stereocenters. The largest absolute Gasteiger partial charge is 0.476 e. The van der Waals surface area contributed by atoms with Crippen molar-refractivity contribution in [1.29, 1.82) is 0 Å². The van der Waals surface area contributed by atoms with E-state index in [1.54, 1.807) is 0 Å². The molecular formula is C15H23N3O. The SMILES string of the molecule is CCC1(CNc2ccc(N)c(OCC3CC3)n2)CC1. The molecule has 1 heterocycles. The summed E-state index contributed by atoms with van der Waals surface area (Å²) in [7, 11) is 0. The van der Waals surface area contributed by atoms with Gasteiger partial charge in [-0.05, 0) is 55.6 Å². The third-order valence-corrected chi connectivity index (χ3v) is 4.39. The molecule has 0 radical (unpaired) electrons. The average molecular weight is 261 g/mol. The number of nitrogens with two attached hydrogens (primary N) is 1. The Hall–Kier alpha value is -1.45. The number of hydrogen-bond acceptors (Lipinski definition) is 4. The maximum absolute atomic E-state index is 5.90. The van der Waals surface area contributed by atoms with E-state index < -0.39 is 0 Å². The van der Waals surface area contributed by atoms with Crippen molar-refractivity contribution >= 4 is 11.5 Å². The first-order valence-electron chi connectivity index (χ1n) is 7.34. The van der Waals surface area contributed by atoms with Crippen molar-refractivity contribution in [2.45, 2.75) is 39.0 Å². The lowest BCUT2D eigenvalue weighted by molar-refractivity contribution is 0.290. The summed E-state index contributed by atoms with van der Waals surface area (Å²) in [6.45, 7) is 4.01. The number of ether oxygens (including phenoxy) is 1. The molecule has 0 aliphatic heterocycles. The second kappa shape index (κ2) is 4.91. The maximum Gasteiger partial charge on any atom is 0.239 e. The molecule has 1 aromatic rings. The topological polar surface area (TPSA) is 60.2 Å². The summed E-state index contributed by atoms with van der Waals surface area (Å²) in [6.07, 6.45) is 6.45. The Morgan fingerprint density at radius 2 is 2.21 bits per heavy atom. The van der Waals surface area contributed by atoms with Gasteiger partial charge in [0.05, 0.1) is 12.3 Å². The van der Waals surface area contributed by atoms with Crippen molar-refractivity contribution in [2.75, 3.05) is 24.2 Å². The average Bonchev–Trinajstić information content (AvgIpc) is 3.32. The number of nitrogens with zero attached hydrogens (tertiary/aromatic N) is 1. The van der Waals surface area contributed by atoms with E-state index in [9.17, 15) is 0 Å². The Bertz CT molecular complexity index is 453. The van der Waals surface area contributed by atoms with E-state index in [1.807, 2.05) is 12.1 Å². The van der Waals surface area contributed by atoms with Gasteiger partial charge in [0.2, 0.25) is 5.88 Å². The first-order chi connectivity index (χ1) is 9.21. The monoisotopic (exact) mass is 261 g/mol. The number of rotatable bonds is 7. The van der Waals surface area contributed by atoms with E-state index >= 15 is 0 Å². The predicted molar refractivity (Wildman–Crippen MR) is 77.3 cm³/mol. The van der Waals surface area contributed by atoms with Crippen LogP contribution < -0.4 is 15.8 Å². The summed E-state index contributed by atoms with van der Waals surface area (Å²) in [5.41, 5.74) is 7.04. The van der Waals surface area contributed by atoms with Gasteiger partial charge in [-0.25, -0.2) is 0 Å². The van der Waals surface area contributed by atoms with Crippen molar-refractivity contribution in [3.05, 3.63) is 12.1 Å². The van der Waals surface area contributed by atoms with Crippen LogP contribution in [-0.2, 0) is 0 Å². The van der Waals surface area contributed by atoms with Gasteiger partial charge in [0, 0.05) is 6.54 Å². The highest BCUT2D eigenvalue weighted by molar-refractivity contribution is 5.53. The van der Waals surface area contributed by atoms with Gasteiger partial charge in [-0.3, -0.25) is 0 Å². The molecule has 0 saturated heterocycles. The number of nitrogens with one attached hydrogen (secondary N) is 1. The first-order valence-corrected chi connectivity index (χ1v) is 7.34. The van der Waals surface area contributed by atoms with Crippen molar-refractivity contribution < 1.29 is 4.74 Å². The predicted octanol–water partition coefficient (Wildman–Crippen LogP) is 3.05. The molecule has 4 nitrogen and oxygen atoms in total. The smallest absolute Gasteiger partial charge is 0.239 e. The lowest BCUT2D eigenvalue weighted by atomic mass is 10.0. The van der Waals surface area contributed by atoms with Gasteiger partial charge in [0.1, 0.15) is 5.82 Å². The fourth-order valence-corrected chi connectivity index (χ4v) is 2.26. The number of hydrogen-bond donors (Lipinski definition) is 2. The molecule has 2 fully saturated rings. The lowest BCUT2D eigenvalue weighted by Gasteiger charge is -2.15. The molecule has 0 atom stereocenters. The maximum atomic E-state index is 5.90. The normalized spacial score (nSPS) is 20.1. The highest BCUT2D eigenvalue weighted by atomic mass is 16.5. The number of aromatic nitrogens is 1. The fraction of sp³-hybridized carbons (Fsp3) is 0.667. The summed E-state index contributed by atoms with van der Waals surface area (Å²) in [6, 6.07) is 3.81. The third kappa shape index (κ3) is 3.11. The molecule has 2 aliphatic rings. The zero-order valence-corrected chi connectivity index (χ0v) is 11.6. The number of pyridine rings is 1. The van der Waals surface area contributed by atoms with Crippen LogP contribution in [0.4, 0.5) is 11.5 Å². The van der Waals surface area contributed by atoms with Gasteiger partial charge in [0.15, 0.2) is 0 Å². The summed E-state index contributed by atoms with van der Waals surface area (Å²) in [5.74, 6) is 2.17. The van der Waals surface area contributed by atoms with Gasteiger partial charge < -0.3 is 15.8 Å². The van der Waals surface area contributed by atoms with E-state index in [1.165, 1.54) is 32.1 Å². The lowest BCUT2D eigenvalue weighted by Crippen LogP contribution is -2.15. The second-order valence-electron chi connectivity index (χ2n) is 6.05. The van der Waals surface area contributed by atoms with E-state index in [0.29, 0.717) is 22.9 Å². The van der Waals surface area contributed by atoms with E-state index in [-0.39, 0.29) is 0 Å². The molecule has 0 bridgehead atoms. The summed E-state index contributed by atoms with van der Waals surface area (Å²) in [4.78, 5) is 4.48. The zero-order chi connectivity index (χ0) is 13.3. The molecule has 2 saturated carbocycles. The standard InChI is InChI=1S/C15H23N3O/c1-2-15(7-8-15)10-17-13-6-5-12(16)14(18-13)19-9-11-3-4-11/h5-6,11H,2-4,7-10,16H2,1H3,(H,17,18). The van der Waals surface area contributed by atoms with E-state index in [2.05, 4.69) is 17.2 Å². The highest BCUT2D eigenvalue weighted by Gasteiger charge is 2.40. The Morgan fingerprint density at radius 1 is 1.42 bits per heavy atom. The zero-order valence-electron chi connectivity index (χ0n) is 11.6. The summed E-state index contributed by atoms with van der Waals surface area (Å²) >= 11 is 0. The fourth-order valence-electron chi connectivity index (χ4n) is 2.26. The Morgan fingerprint density at radius 3 is 2.84 bits per heavy atom.